The summed E-state index contributed by atoms with van der Waals surface area (Å²) in [6.07, 6.45) is 3.84. The minimum Gasteiger partial charge on any atom is -0.493 e. The molecule has 0 saturated heterocycles. The van der Waals surface area contributed by atoms with Crippen molar-refractivity contribution in [3.05, 3.63) is 17.7 Å². The van der Waals surface area contributed by atoms with Gasteiger partial charge in [0.1, 0.15) is 0 Å². The van der Waals surface area contributed by atoms with Crippen molar-refractivity contribution in [2.75, 3.05) is 21.3 Å². The first kappa shape index (κ1) is 16.0. The summed E-state index contributed by atoms with van der Waals surface area (Å²) in [6, 6.07) is 4.59. The van der Waals surface area contributed by atoms with Crippen LogP contribution < -0.4 is 19.5 Å². The largest absolute Gasteiger partial charge is 0.493 e. The summed E-state index contributed by atoms with van der Waals surface area (Å²) in [5, 5.41) is 3.68. The highest BCUT2D eigenvalue weighted by Gasteiger charge is 2.33. The normalized spacial score (nSPS) is 20.3. The molecule has 2 rings (SSSR count). The van der Waals surface area contributed by atoms with Crippen molar-refractivity contribution in [3.63, 3.8) is 0 Å². The minimum atomic E-state index is 0.376. The van der Waals surface area contributed by atoms with Gasteiger partial charge in [0.15, 0.2) is 11.5 Å². The quantitative estimate of drug-likeness (QED) is 0.873. The third kappa shape index (κ3) is 3.43. The zero-order chi connectivity index (χ0) is 15.5. The molecule has 1 N–H and O–H groups in total. The van der Waals surface area contributed by atoms with Gasteiger partial charge in [-0.2, -0.15) is 0 Å². The van der Waals surface area contributed by atoms with Crippen molar-refractivity contribution in [1.29, 1.82) is 0 Å². The molecule has 1 aromatic rings. The molecule has 1 saturated carbocycles. The van der Waals surface area contributed by atoms with Crippen molar-refractivity contribution in [2.24, 2.45) is 5.41 Å². The lowest BCUT2D eigenvalue weighted by molar-refractivity contribution is 0.282. The molecule has 0 spiro atoms. The summed E-state index contributed by atoms with van der Waals surface area (Å²) in [5.41, 5.74) is 1.52. The molecule has 1 aromatic carbocycles. The van der Waals surface area contributed by atoms with Gasteiger partial charge < -0.3 is 19.5 Å². The van der Waals surface area contributed by atoms with Gasteiger partial charge in [0.25, 0.3) is 0 Å². The summed E-state index contributed by atoms with van der Waals surface area (Å²) in [5.74, 6) is 2.06. The predicted molar refractivity (Wildman–Crippen MR) is 84.4 cm³/mol. The Hall–Kier alpha value is -1.42. The van der Waals surface area contributed by atoms with Gasteiger partial charge in [-0.25, -0.2) is 0 Å². The van der Waals surface area contributed by atoms with Gasteiger partial charge in [-0.15, -0.1) is 0 Å². The third-order valence-corrected chi connectivity index (χ3v) is 4.53. The standard InChI is InChI=1S/C17H27NO3/c1-17(2)8-6-7-15(17)18-11-12-9-13(19-3)16(21-5)14(10-12)20-4/h9-10,15,18H,6-8,11H2,1-5H3. The monoisotopic (exact) mass is 293 g/mol. The van der Waals surface area contributed by atoms with Crippen LogP contribution in [-0.2, 0) is 6.54 Å². The van der Waals surface area contributed by atoms with Crippen LogP contribution in [0.2, 0.25) is 0 Å². The molecule has 118 valence electrons. The Morgan fingerprint density at radius 3 is 2.14 bits per heavy atom. The highest BCUT2D eigenvalue weighted by atomic mass is 16.5. The topological polar surface area (TPSA) is 39.7 Å². The van der Waals surface area contributed by atoms with Crippen molar-refractivity contribution in [2.45, 2.75) is 45.7 Å². The fourth-order valence-electron chi connectivity index (χ4n) is 3.18. The van der Waals surface area contributed by atoms with E-state index in [1.165, 1.54) is 19.3 Å². The lowest BCUT2D eigenvalue weighted by Gasteiger charge is -2.28. The van der Waals surface area contributed by atoms with E-state index < -0.39 is 0 Å². The van der Waals surface area contributed by atoms with Crippen LogP contribution in [0.1, 0.15) is 38.7 Å². The Bertz CT molecular complexity index is 460. The van der Waals surface area contributed by atoms with Crippen LogP contribution in [-0.4, -0.2) is 27.4 Å². The van der Waals surface area contributed by atoms with E-state index in [0.717, 1.165) is 12.1 Å². The minimum absolute atomic E-state index is 0.376. The average molecular weight is 293 g/mol. The SMILES string of the molecule is COc1cc(CNC2CCCC2(C)C)cc(OC)c1OC. The Kier molecular flexibility index (Phi) is 4.99. The van der Waals surface area contributed by atoms with Crippen LogP contribution in [0.4, 0.5) is 0 Å². The lowest BCUT2D eigenvalue weighted by atomic mass is 9.87. The predicted octanol–water partition coefficient (Wildman–Crippen LogP) is 3.38. The highest BCUT2D eigenvalue weighted by molar-refractivity contribution is 5.53. The number of rotatable bonds is 6. The molecule has 4 heteroatoms. The highest BCUT2D eigenvalue weighted by Crippen LogP contribution is 2.39. The first-order valence-corrected chi connectivity index (χ1v) is 7.54. The van der Waals surface area contributed by atoms with Crippen LogP contribution in [0.25, 0.3) is 0 Å². The Morgan fingerprint density at radius 1 is 1.10 bits per heavy atom. The lowest BCUT2D eigenvalue weighted by Crippen LogP contribution is -2.37. The zero-order valence-corrected chi connectivity index (χ0v) is 13.8. The van der Waals surface area contributed by atoms with E-state index in [1.807, 2.05) is 12.1 Å². The van der Waals surface area contributed by atoms with E-state index in [9.17, 15) is 0 Å². The number of methoxy groups -OCH3 is 3. The molecule has 21 heavy (non-hydrogen) atoms. The van der Waals surface area contributed by atoms with Crippen molar-refractivity contribution >= 4 is 0 Å². The van der Waals surface area contributed by atoms with Gasteiger partial charge in [-0.1, -0.05) is 20.3 Å². The number of nitrogens with one attached hydrogen (secondary N) is 1. The molecule has 1 aliphatic carbocycles. The second kappa shape index (κ2) is 6.56. The molecule has 0 amide bonds. The van der Waals surface area contributed by atoms with Gasteiger partial charge in [0, 0.05) is 12.6 Å². The molecule has 0 aliphatic heterocycles. The molecular formula is C17H27NO3. The van der Waals surface area contributed by atoms with E-state index in [1.54, 1.807) is 21.3 Å². The molecule has 0 radical (unpaired) electrons. The molecule has 1 aliphatic rings. The average Bonchev–Trinajstić information content (AvgIpc) is 2.82. The van der Waals surface area contributed by atoms with Gasteiger partial charge in [0.05, 0.1) is 21.3 Å². The summed E-state index contributed by atoms with van der Waals surface area (Å²) in [4.78, 5) is 0. The van der Waals surface area contributed by atoms with Crippen molar-refractivity contribution in [1.82, 2.24) is 5.32 Å². The first-order valence-electron chi connectivity index (χ1n) is 7.54. The molecule has 1 atom stereocenters. The van der Waals surface area contributed by atoms with E-state index in [0.29, 0.717) is 28.7 Å². The molecule has 1 fully saturated rings. The van der Waals surface area contributed by atoms with Crippen molar-refractivity contribution in [3.8, 4) is 17.2 Å². The number of benzene rings is 1. The van der Waals surface area contributed by atoms with Gasteiger partial charge in [-0.3, -0.25) is 0 Å². The van der Waals surface area contributed by atoms with Gasteiger partial charge in [-0.05, 0) is 36.0 Å². The zero-order valence-electron chi connectivity index (χ0n) is 13.8. The molecule has 1 unspecified atom stereocenters. The van der Waals surface area contributed by atoms with E-state index in [4.69, 9.17) is 14.2 Å². The maximum absolute atomic E-state index is 5.40. The van der Waals surface area contributed by atoms with Crippen LogP contribution in [0, 0.1) is 5.41 Å². The molecule has 0 aromatic heterocycles. The molecule has 4 nitrogen and oxygen atoms in total. The molecule has 0 heterocycles. The fraction of sp³-hybridized carbons (Fsp3) is 0.647. The van der Waals surface area contributed by atoms with Crippen molar-refractivity contribution < 1.29 is 14.2 Å². The van der Waals surface area contributed by atoms with Gasteiger partial charge in [0.2, 0.25) is 5.75 Å². The van der Waals surface area contributed by atoms with E-state index in [2.05, 4.69) is 19.2 Å². The second-order valence-electron chi connectivity index (χ2n) is 6.35. The van der Waals surface area contributed by atoms with Crippen LogP contribution in [0.5, 0.6) is 17.2 Å². The number of ether oxygens (including phenoxy) is 3. The Morgan fingerprint density at radius 2 is 1.71 bits per heavy atom. The summed E-state index contributed by atoms with van der Waals surface area (Å²) >= 11 is 0. The van der Waals surface area contributed by atoms with Crippen LogP contribution in [0.3, 0.4) is 0 Å². The first-order chi connectivity index (χ1) is 10.0. The fourth-order valence-corrected chi connectivity index (χ4v) is 3.18. The van der Waals surface area contributed by atoms with E-state index >= 15 is 0 Å². The molecule has 0 bridgehead atoms. The second-order valence-corrected chi connectivity index (χ2v) is 6.35. The smallest absolute Gasteiger partial charge is 0.203 e. The molecular weight excluding hydrogens is 266 g/mol. The maximum atomic E-state index is 5.40. The summed E-state index contributed by atoms with van der Waals surface area (Å²) in [7, 11) is 4.92. The number of hydrogen-bond donors (Lipinski definition) is 1. The Balaban J connectivity index is 2.13. The van der Waals surface area contributed by atoms with Crippen LogP contribution >= 0.6 is 0 Å². The van der Waals surface area contributed by atoms with Gasteiger partial charge >= 0.3 is 0 Å². The summed E-state index contributed by atoms with van der Waals surface area (Å²) < 4.78 is 16.2. The van der Waals surface area contributed by atoms with Crippen LogP contribution in [0.15, 0.2) is 12.1 Å². The summed E-state index contributed by atoms with van der Waals surface area (Å²) in [6.45, 7) is 5.49. The Labute approximate surface area is 127 Å². The third-order valence-electron chi connectivity index (χ3n) is 4.53. The van der Waals surface area contributed by atoms with E-state index in [-0.39, 0.29) is 0 Å². The maximum Gasteiger partial charge on any atom is 0.203 e. The number of hydrogen-bond acceptors (Lipinski definition) is 4.